The maximum absolute atomic E-state index is 5.77. The van der Waals surface area contributed by atoms with Gasteiger partial charge in [-0.2, -0.15) is 0 Å². The summed E-state index contributed by atoms with van der Waals surface area (Å²) in [6.45, 7) is 2.05. The molecule has 0 aliphatic rings. The highest BCUT2D eigenvalue weighted by atomic mass is 14.6. The van der Waals surface area contributed by atoms with Crippen molar-refractivity contribution in [2.45, 2.75) is 25.8 Å². The monoisotopic (exact) mass is 200 g/mol. The second kappa shape index (κ2) is 4.41. The number of hydrogen-bond acceptors (Lipinski definition) is 2. The summed E-state index contributed by atoms with van der Waals surface area (Å²) in [5.41, 5.74) is 7.14. The van der Waals surface area contributed by atoms with E-state index in [1.54, 1.807) is 0 Å². The van der Waals surface area contributed by atoms with Gasteiger partial charge in [0.05, 0.1) is 0 Å². The molecule has 0 radical (unpaired) electrons. The van der Waals surface area contributed by atoms with E-state index < -0.39 is 0 Å². The summed E-state index contributed by atoms with van der Waals surface area (Å²) in [4.78, 5) is 4.12. The molecule has 0 aliphatic heterocycles. The Morgan fingerprint density at radius 3 is 3.00 bits per heavy atom. The summed E-state index contributed by atoms with van der Waals surface area (Å²) in [6, 6.07) is 8.69. The van der Waals surface area contributed by atoms with Crippen LogP contribution in [0.1, 0.15) is 18.9 Å². The van der Waals surface area contributed by atoms with E-state index in [1.165, 1.54) is 16.3 Å². The fourth-order valence-corrected chi connectivity index (χ4v) is 1.79. The van der Waals surface area contributed by atoms with Crippen molar-refractivity contribution in [3.63, 3.8) is 0 Å². The lowest BCUT2D eigenvalue weighted by molar-refractivity contribution is 0.668. The van der Waals surface area contributed by atoms with Gasteiger partial charge in [0.1, 0.15) is 0 Å². The fourth-order valence-electron chi connectivity index (χ4n) is 1.79. The van der Waals surface area contributed by atoms with Crippen LogP contribution in [-0.4, -0.2) is 11.0 Å². The standard InChI is InChI=1S/C13H16N2/c1-10(14)5-6-11-3-2-4-12-9-15-8-7-13(11)12/h2-4,7-10H,5-6,14H2,1H3. The zero-order valence-corrected chi connectivity index (χ0v) is 8.98. The molecule has 0 bridgehead atoms. The third-order valence-electron chi connectivity index (χ3n) is 2.64. The van der Waals surface area contributed by atoms with Gasteiger partial charge in [0.25, 0.3) is 0 Å². The molecule has 0 amide bonds. The predicted molar refractivity (Wildman–Crippen MR) is 63.7 cm³/mol. The molecule has 0 saturated heterocycles. The molecule has 78 valence electrons. The van der Waals surface area contributed by atoms with Gasteiger partial charge in [-0.1, -0.05) is 18.2 Å². The lowest BCUT2D eigenvalue weighted by Crippen LogP contribution is -2.15. The van der Waals surface area contributed by atoms with Gasteiger partial charge in [-0.05, 0) is 36.8 Å². The molecule has 2 heteroatoms. The number of benzene rings is 1. The second-order valence-electron chi connectivity index (χ2n) is 4.03. The van der Waals surface area contributed by atoms with Crippen LogP contribution in [0.3, 0.4) is 0 Å². The Labute approximate surface area is 90.1 Å². The number of aryl methyl sites for hydroxylation is 1. The Morgan fingerprint density at radius 1 is 1.33 bits per heavy atom. The van der Waals surface area contributed by atoms with E-state index in [1.807, 2.05) is 19.3 Å². The van der Waals surface area contributed by atoms with Gasteiger partial charge >= 0.3 is 0 Å². The minimum Gasteiger partial charge on any atom is -0.328 e. The van der Waals surface area contributed by atoms with E-state index in [0.29, 0.717) is 0 Å². The summed E-state index contributed by atoms with van der Waals surface area (Å²) in [7, 11) is 0. The quantitative estimate of drug-likeness (QED) is 0.826. The van der Waals surface area contributed by atoms with Crippen molar-refractivity contribution in [2.75, 3.05) is 0 Å². The molecule has 1 aromatic carbocycles. The third kappa shape index (κ3) is 2.34. The van der Waals surface area contributed by atoms with Crippen molar-refractivity contribution in [1.29, 1.82) is 0 Å². The molecular weight excluding hydrogens is 184 g/mol. The summed E-state index contributed by atoms with van der Waals surface area (Å²) in [5.74, 6) is 0. The summed E-state index contributed by atoms with van der Waals surface area (Å²) in [6.07, 6.45) is 5.82. The van der Waals surface area contributed by atoms with Crippen LogP contribution in [0.4, 0.5) is 0 Å². The van der Waals surface area contributed by atoms with Crippen LogP contribution in [0.5, 0.6) is 0 Å². The van der Waals surface area contributed by atoms with Gasteiger partial charge in [-0.3, -0.25) is 4.98 Å². The topological polar surface area (TPSA) is 38.9 Å². The first-order valence-corrected chi connectivity index (χ1v) is 5.34. The lowest BCUT2D eigenvalue weighted by Gasteiger charge is -2.07. The van der Waals surface area contributed by atoms with Crippen molar-refractivity contribution in [3.05, 3.63) is 42.2 Å². The van der Waals surface area contributed by atoms with Crippen LogP contribution in [0.25, 0.3) is 10.8 Å². The molecule has 15 heavy (non-hydrogen) atoms. The number of pyridine rings is 1. The SMILES string of the molecule is CC(N)CCc1cccc2cnccc12. The highest BCUT2D eigenvalue weighted by Crippen LogP contribution is 2.18. The van der Waals surface area contributed by atoms with E-state index in [4.69, 9.17) is 5.73 Å². The first kappa shape index (κ1) is 10.1. The Balaban J connectivity index is 2.34. The van der Waals surface area contributed by atoms with Gasteiger partial charge in [-0.15, -0.1) is 0 Å². The highest BCUT2D eigenvalue weighted by molar-refractivity contribution is 5.84. The largest absolute Gasteiger partial charge is 0.328 e. The number of fused-ring (bicyclic) bond motifs is 1. The Bertz CT molecular complexity index is 444. The number of aromatic nitrogens is 1. The third-order valence-corrected chi connectivity index (χ3v) is 2.64. The fraction of sp³-hybridized carbons (Fsp3) is 0.308. The van der Waals surface area contributed by atoms with Gasteiger partial charge in [-0.25, -0.2) is 0 Å². The highest BCUT2D eigenvalue weighted by Gasteiger charge is 2.01. The van der Waals surface area contributed by atoms with Crippen LogP contribution in [0, 0.1) is 0 Å². The predicted octanol–water partition coefficient (Wildman–Crippen LogP) is 2.51. The molecule has 0 spiro atoms. The van der Waals surface area contributed by atoms with Crippen LogP contribution >= 0.6 is 0 Å². The van der Waals surface area contributed by atoms with E-state index >= 15 is 0 Å². The zero-order valence-electron chi connectivity index (χ0n) is 8.98. The zero-order chi connectivity index (χ0) is 10.7. The number of rotatable bonds is 3. The van der Waals surface area contributed by atoms with Crippen LogP contribution in [0.15, 0.2) is 36.7 Å². The first-order chi connectivity index (χ1) is 7.27. The molecule has 1 atom stereocenters. The van der Waals surface area contributed by atoms with Crippen molar-refractivity contribution in [1.82, 2.24) is 4.98 Å². The van der Waals surface area contributed by atoms with Crippen molar-refractivity contribution >= 4 is 10.8 Å². The average Bonchev–Trinajstić information content (AvgIpc) is 2.26. The lowest BCUT2D eigenvalue weighted by atomic mass is 10.0. The van der Waals surface area contributed by atoms with E-state index in [0.717, 1.165) is 12.8 Å². The van der Waals surface area contributed by atoms with Gasteiger partial charge < -0.3 is 5.73 Å². The van der Waals surface area contributed by atoms with Crippen molar-refractivity contribution < 1.29 is 0 Å². The smallest absolute Gasteiger partial charge is 0.0346 e. The van der Waals surface area contributed by atoms with E-state index in [-0.39, 0.29) is 6.04 Å². The number of nitrogens with zero attached hydrogens (tertiary/aromatic N) is 1. The molecule has 0 saturated carbocycles. The van der Waals surface area contributed by atoms with Crippen LogP contribution in [0.2, 0.25) is 0 Å². The van der Waals surface area contributed by atoms with Gasteiger partial charge in [0, 0.05) is 23.8 Å². The molecule has 2 N–H and O–H groups in total. The molecule has 2 rings (SSSR count). The molecule has 0 aliphatic carbocycles. The van der Waals surface area contributed by atoms with Crippen LogP contribution in [-0.2, 0) is 6.42 Å². The molecule has 1 aromatic heterocycles. The molecule has 1 unspecified atom stereocenters. The van der Waals surface area contributed by atoms with Gasteiger partial charge in [0.2, 0.25) is 0 Å². The number of hydrogen-bond donors (Lipinski definition) is 1. The molecule has 2 nitrogen and oxygen atoms in total. The molecule has 1 heterocycles. The van der Waals surface area contributed by atoms with Crippen LogP contribution < -0.4 is 5.73 Å². The summed E-state index contributed by atoms with van der Waals surface area (Å²) < 4.78 is 0. The molecule has 0 fully saturated rings. The summed E-state index contributed by atoms with van der Waals surface area (Å²) in [5, 5.41) is 2.51. The van der Waals surface area contributed by atoms with Gasteiger partial charge in [0.15, 0.2) is 0 Å². The van der Waals surface area contributed by atoms with Crippen molar-refractivity contribution in [2.24, 2.45) is 5.73 Å². The van der Waals surface area contributed by atoms with Crippen molar-refractivity contribution in [3.8, 4) is 0 Å². The first-order valence-electron chi connectivity index (χ1n) is 5.34. The summed E-state index contributed by atoms with van der Waals surface area (Å²) >= 11 is 0. The maximum atomic E-state index is 5.77. The Morgan fingerprint density at radius 2 is 2.20 bits per heavy atom. The minimum absolute atomic E-state index is 0.266. The van der Waals surface area contributed by atoms with E-state index in [2.05, 4.69) is 29.2 Å². The maximum Gasteiger partial charge on any atom is 0.0346 e. The average molecular weight is 200 g/mol. The number of nitrogens with two attached hydrogens (primary N) is 1. The van der Waals surface area contributed by atoms with E-state index in [9.17, 15) is 0 Å². The molecule has 2 aromatic rings. The Hall–Kier alpha value is -1.41. The molecular formula is C13H16N2. The minimum atomic E-state index is 0.266. The Kier molecular flexibility index (Phi) is 2.97. The second-order valence-corrected chi connectivity index (χ2v) is 4.03. The normalized spacial score (nSPS) is 12.9.